The van der Waals surface area contributed by atoms with E-state index in [1.54, 1.807) is 0 Å². The van der Waals surface area contributed by atoms with Crippen molar-refractivity contribution in [1.29, 1.82) is 0 Å². The number of nitrogens with two attached hydrogens (primary N) is 1. The van der Waals surface area contributed by atoms with Crippen LogP contribution in [0.4, 0.5) is 0 Å². The number of hydrogen-bond acceptors (Lipinski definition) is 3. The number of hydrogen-bond donors (Lipinski definition) is 1. The van der Waals surface area contributed by atoms with Crippen molar-refractivity contribution in [2.75, 3.05) is 6.61 Å². The number of Topliss-reactive ketones (excluding diaryl/α,β-unsaturated/α-hetero) is 1. The van der Waals surface area contributed by atoms with Crippen molar-refractivity contribution in [3.8, 4) is 5.75 Å². The first-order chi connectivity index (χ1) is 6.70. The van der Waals surface area contributed by atoms with Gasteiger partial charge in [0.2, 0.25) is 0 Å². The van der Waals surface area contributed by atoms with E-state index in [-0.39, 0.29) is 5.78 Å². The third-order valence-electron chi connectivity index (χ3n) is 1.96. The normalized spacial score (nSPS) is 12.1. The lowest BCUT2D eigenvalue weighted by molar-refractivity contribution is -0.118. The fraction of sp³-hybridized carbons (Fsp3) is 0.364. The SMILES string of the molecule is CC(=O)[C@@H](N)CCOc1ccccc1. The summed E-state index contributed by atoms with van der Waals surface area (Å²) in [6, 6.07) is 9.08. The molecule has 1 aromatic carbocycles. The zero-order chi connectivity index (χ0) is 10.4. The van der Waals surface area contributed by atoms with Gasteiger partial charge in [0.1, 0.15) is 11.5 Å². The molecule has 1 atom stereocenters. The molecule has 0 bridgehead atoms. The minimum atomic E-state index is -0.404. The van der Waals surface area contributed by atoms with Gasteiger partial charge in [0.05, 0.1) is 12.6 Å². The van der Waals surface area contributed by atoms with Crippen LogP contribution in [0.1, 0.15) is 13.3 Å². The summed E-state index contributed by atoms with van der Waals surface area (Å²) in [5, 5.41) is 0. The lowest BCUT2D eigenvalue weighted by Crippen LogP contribution is -2.30. The molecule has 0 saturated carbocycles. The summed E-state index contributed by atoms with van der Waals surface area (Å²) in [5.74, 6) is 0.810. The molecule has 1 aromatic rings. The molecule has 0 spiro atoms. The molecule has 0 aliphatic carbocycles. The van der Waals surface area contributed by atoms with E-state index in [9.17, 15) is 4.79 Å². The van der Waals surface area contributed by atoms with Gasteiger partial charge in [0, 0.05) is 6.42 Å². The van der Waals surface area contributed by atoms with Crippen molar-refractivity contribution in [3.05, 3.63) is 30.3 Å². The maximum Gasteiger partial charge on any atom is 0.146 e. The number of carbonyl (C=O) groups excluding carboxylic acids is 1. The zero-order valence-corrected chi connectivity index (χ0v) is 8.27. The van der Waals surface area contributed by atoms with Crippen LogP contribution in [-0.4, -0.2) is 18.4 Å². The predicted molar refractivity (Wildman–Crippen MR) is 55.2 cm³/mol. The Labute approximate surface area is 83.9 Å². The lowest BCUT2D eigenvalue weighted by Gasteiger charge is -2.09. The van der Waals surface area contributed by atoms with Gasteiger partial charge in [-0.1, -0.05) is 18.2 Å². The standard InChI is InChI=1S/C11H15NO2/c1-9(13)11(12)7-8-14-10-5-3-2-4-6-10/h2-6,11H,7-8,12H2,1H3/t11-/m0/s1. The van der Waals surface area contributed by atoms with Crippen LogP contribution >= 0.6 is 0 Å². The molecule has 0 unspecified atom stereocenters. The Kier molecular flexibility index (Phi) is 4.13. The molecule has 1 rings (SSSR count). The predicted octanol–water partition coefficient (Wildman–Crippen LogP) is 1.37. The topological polar surface area (TPSA) is 52.3 Å². The highest BCUT2D eigenvalue weighted by Crippen LogP contribution is 2.08. The van der Waals surface area contributed by atoms with Gasteiger partial charge in [-0.2, -0.15) is 0 Å². The van der Waals surface area contributed by atoms with Gasteiger partial charge in [-0.25, -0.2) is 0 Å². The van der Waals surface area contributed by atoms with Crippen LogP contribution in [0.15, 0.2) is 30.3 Å². The van der Waals surface area contributed by atoms with Crippen LogP contribution < -0.4 is 10.5 Å². The Morgan fingerprint density at radius 1 is 1.43 bits per heavy atom. The van der Waals surface area contributed by atoms with Crippen LogP contribution in [0.5, 0.6) is 5.75 Å². The number of carbonyl (C=O) groups is 1. The van der Waals surface area contributed by atoms with Gasteiger partial charge in [0.25, 0.3) is 0 Å². The van der Waals surface area contributed by atoms with Crippen molar-refractivity contribution >= 4 is 5.78 Å². The molecule has 14 heavy (non-hydrogen) atoms. The van der Waals surface area contributed by atoms with Crippen molar-refractivity contribution < 1.29 is 9.53 Å². The molecule has 0 radical (unpaired) electrons. The third-order valence-corrected chi connectivity index (χ3v) is 1.96. The minimum absolute atomic E-state index is 0.00154. The molecule has 0 amide bonds. The Morgan fingerprint density at radius 3 is 2.64 bits per heavy atom. The molecule has 0 aliphatic heterocycles. The summed E-state index contributed by atoms with van der Waals surface area (Å²) in [6.45, 7) is 1.97. The summed E-state index contributed by atoms with van der Waals surface area (Å²) < 4.78 is 5.39. The molecule has 0 fully saturated rings. The van der Waals surface area contributed by atoms with E-state index >= 15 is 0 Å². The van der Waals surface area contributed by atoms with Gasteiger partial charge in [-0.3, -0.25) is 4.79 Å². The summed E-state index contributed by atoms with van der Waals surface area (Å²) in [7, 11) is 0. The number of benzene rings is 1. The van der Waals surface area contributed by atoms with Crippen molar-refractivity contribution in [2.45, 2.75) is 19.4 Å². The third kappa shape index (κ3) is 3.58. The molecule has 3 heteroatoms. The van der Waals surface area contributed by atoms with Crippen molar-refractivity contribution in [2.24, 2.45) is 5.73 Å². The van der Waals surface area contributed by atoms with Gasteiger partial charge in [-0.05, 0) is 19.1 Å². The molecule has 0 aliphatic rings. The highest BCUT2D eigenvalue weighted by molar-refractivity contribution is 5.81. The Bertz CT molecular complexity index is 285. The molecule has 0 aromatic heterocycles. The number of para-hydroxylation sites is 1. The fourth-order valence-corrected chi connectivity index (χ4v) is 1.02. The van der Waals surface area contributed by atoms with Crippen LogP contribution in [0.3, 0.4) is 0 Å². The molecule has 3 nitrogen and oxygen atoms in total. The van der Waals surface area contributed by atoms with Crippen LogP contribution in [0, 0.1) is 0 Å². The largest absolute Gasteiger partial charge is 0.494 e. The van der Waals surface area contributed by atoms with Gasteiger partial charge < -0.3 is 10.5 Å². The molecular formula is C11H15NO2. The van der Waals surface area contributed by atoms with E-state index in [1.807, 2.05) is 30.3 Å². The number of ether oxygens (including phenoxy) is 1. The van der Waals surface area contributed by atoms with E-state index in [1.165, 1.54) is 6.92 Å². The summed E-state index contributed by atoms with van der Waals surface area (Å²) in [5.41, 5.74) is 5.55. The van der Waals surface area contributed by atoms with E-state index in [4.69, 9.17) is 10.5 Å². The summed E-state index contributed by atoms with van der Waals surface area (Å²) in [6.07, 6.45) is 0.560. The second kappa shape index (κ2) is 5.40. The van der Waals surface area contributed by atoms with Crippen LogP contribution in [0.2, 0.25) is 0 Å². The first kappa shape index (κ1) is 10.7. The number of ketones is 1. The molecule has 0 saturated heterocycles. The van der Waals surface area contributed by atoms with E-state index in [2.05, 4.69) is 0 Å². The number of rotatable bonds is 5. The first-order valence-electron chi connectivity index (χ1n) is 4.64. The maximum absolute atomic E-state index is 10.8. The smallest absolute Gasteiger partial charge is 0.146 e. The average Bonchev–Trinajstić information content (AvgIpc) is 2.19. The summed E-state index contributed by atoms with van der Waals surface area (Å²) in [4.78, 5) is 10.8. The van der Waals surface area contributed by atoms with Crippen LogP contribution in [0.25, 0.3) is 0 Å². The first-order valence-corrected chi connectivity index (χ1v) is 4.64. The van der Waals surface area contributed by atoms with Crippen molar-refractivity contribution in [1.82, 2.24) is 0 Å². The van der Waals surface area contributed by atoms with E-state index in [0.29, 0.717) is 13.0 Å². The zero-order valence-electron chi connectivity index (χ0n) is 8.27. The second-order valence-electron chi connectivity index (χ2n) is 3.17. The molecule has 76 valence electrons. The van der Waals surface area contributed by atoms with Gasteiger partial charge >= 0.3 is 0 Å². The van der Waals surface area contributed by atoms with Crippen LogP contribution in [-0.2, 0) is 4.79 Å². The van der Waals surface area contributed by atoms with E-state index < -0.39 is 6.04 Å². The Hall–Kier alpha value is -1.35. The van der Waals surface area contributed by atoms with Gasteiger partial charge in [-0.15, -0.1) is 0 Å². The minimum Gasteiger partial charge on any atom is -0.494 e. The average molecular weight is 193 g/mol. The van der Waals surface area contributed by atoms with Gasteiger partial charge in [0.15, 0.2) is 0 Å². The monoisotopic (exact) mass is 193 g/mol. The quantitative estimate of drug-likeness (QED) is 0.768. The molecule has 0 heterocycles. The Balaban J connectivity index is 2.26. The van der Waals surface area contributed by atoms with E-state index in [0.717, 1.165) is 5.75 Å². The summed E-state index contributed by atoms with van der Waals surface area (Å²) >= 11 is 0. The lowest BCUT2D eigenvalue weighted by atomic mass is 10.1. The second-order valence-corrected chi connectivity index (χ2v) is 3.17. The Morgan fingerprint density at radius 2 is 2.07 bits per heavy atom. The molecular weight excluding hydrogens is 178 g/mol. The maximum atomic E-state index is 10.8. The van der Waals surface area contributed by atoms with Crippen molar-refractivity contribution in [3.63, 3.8) is 0 Å². The fourth-order valence-electron chi connectivity index (χ4n) is 1.02. The molecule has 2 N–H and O–H groups in total. The highest BCUT2D eigenvalue weighted by atomic mass is 16.5. The highest BCUT2D eigenvalue weighted by Gasteiger charge is 2.07.